The van der Waals surface area contributed by atoms with Gasteiger partial charge >= 0.3 is 0 Å². The number of nitrogens with zero attached hydrogens (tertiary/aromatic N) is 1. The Morgan fingerprint density at radius 2 is 2.07 bits per heavy atom. The molecule has 1 aliphatic heterocycles. The van der Waals surface area contributed by atoms with Gasteiger partial charge in [0.1, 0.15) is 22.1 Å². The number of Topliss-reactive ketones (excluding diaryl/α,β-unsaturated/α-hetero) is 1. The molecule has 1 aromatic heterocycles. The maximum Gasteiger partial charge on any atom is 0.236 e. The number of aromatic nitrogens is 1. The largest absolute Gasteiger partial charge is 0.496 e. The van der Waals surface area contributed by atoms with Crippen molar-refractivity contribution in [1.29, 1.82) is 0 Å². The van der Waals surface area contributed by atoms with Crippen LogP contribution in [0.1, 0.15) is 29.3 Å². The number of benzene rings is 1. The molecule has 0 saturated heterocycles. The first-order valence-corrected chi connectivity index (χ1v) is 9.86. The molecule has 30 heavy (non-hydrogen) atoms. The lowest BCUT2D eigenvalue weighted by Crippen LogP contribution is -2.55. The second-order valence-electron chi connectivity index (χ2n) is 7.32. The van der Waals surface area contributed by atoms with Gasteiger partial charge in [-0.2, -0.15) is 0 Å². The van der Waals surface area contributed by atoms with Gasteiger partial charge in [0.05, 0.1) is 14.2 Å². The lowest BCUT2D eigenvalue weighted by atomic mass is 9.74. The van der Waals surface area contributed by atoms with E-state index in [4.69, 9.17) is 25.8 Å². The van der Waals surface area contributed by atoms with Crippen molar-refractivity contribution in [2.45, 2.75) is 25.5 Å². The van der Waals surface area contributed by atoms with Gasteiger partial charge in [-0.3, -0.25) is 14.6 Å². The average Bonchev–Trinajstić information content (AvgIpc) is 3.07. The zero-order chi connectivity index (χ0) is 21.5. The third kappa shape index (κ3) is 3.01. The van der Waals surface area contributed by atoms with Crippen LogP contribution in [0.5, 0.6) is 17.2 Å². The van der Waals surface area contributed by atoms with Crippen LogP contribution >= 0.6 is 11.6 Å². The molecule has 8 heteroatoms. The molecule has 1 spiro atoms. The minimum absolute atomic E-state index is 0.123. The second kappa shape index (κ2) is 7.65. The SMILES string of the molecule is COc1cc(OC)c2c(c1Cl)OC1(C(=O)C=C(NCc3cccnc3)CC1C)C2=O. The molecular weight excluding hydrogens is 408 g/mol. The van der Waals surface area contributed by atoms with E-state index in [1.54, 1.807) is 12.4 Å². The van der Waals surface area contributed by atoms with Gasteiger partial charge in [0.15, 0.2) is 5.75 Å². The van der Waals surface area contributed by atoms with Crippen LogP contribution in [-0.2, 0) is 11.3 Å². The van der Waals surface area contributed by atoms with Crippen LogP contribution in [0.4, 0.5) is 0 Å². The van der Waals surface area contributed by atoms with Crippen LogP contribution in [0.3, 0.4) is 0 Å². The van der Waals surface area contributed by atoms with Crippen molar-refractivity contribution < 1.29 is 23.8 Å². The van der Waals surface area contributed by atoms with Gasteiger partial charge in [-0.05, 0) is 18.1 Å². The fourth-order valence-corrected chi connectivity index (χ4v) is 4.24. The highest BCUT2D eigenvalue weighted by Crippen LogP contribution is 2.52. The molecule has 0 bridgehead atoms. The van der Waals surface area contributed by atoms with Crippen LogP contribution in [-0.4, -0.2) is 36.4 Å². The number of pyridine rings is 1. The van der Waals surface area contributed by atoms with Gasteiger partial charge in [-0.25, -0.2) is 0 Å². The Morgan fingerprint density at radius 3 is 2.70 bits per heavy atom. The number of methoxy groups -OCH3 is 2. The molecule has 2 unspecified atom stereocenters. The predicted molar refractivity (Wildman–Crippen MR) is 110 cm³/mol. The van der Waals surface area contributed by atoms with E-state index in [-0.39, 0.29) is 22.1 Å². The Labute approximate surface area is 179 Å². The number of carbonyl (C=O) groups is 2. The normalized spacial score (nSPS) is 22.4. The number of ketones is 2. The molecule has 1 aliphatic carbocycles. The Hall–Kier alpha value is -3.06. The first-order valence-electron chi connectivity index (χ1n) is 9.48. The Balaban J connectivity index is 1.66. The number of hydrogen-bond donors (Lipinski definition) is 1. The summed E-state index contributed by atoms with van der Waals surface area (Å²) >= 11 is 6.39. The highest BCUT2D eigenvalue weighted by Gasteiger charge is 2.60. The summed E-state index contributed by atoms with van der Waals surface area (Å²) < 4.78 is 16.6. The van der Waals surface area contributed by atoms with Crippen molar-refractivity contribution >= 4 is 23.2 Å². The third-order valence-corrected chi connectivity index (χ3v) is 5.91. The third-order valence-electron chi connectivity index (χ3n) is 5.55. The molecule has 0 radical (unpaired) electrons. The van der Waals surface area contributed by atoms with Crippen molar-refractivity contribution in [2.75, 3.05) is 14.2 Å². The minimum atomic E-state index is -1.66. The summed E-state index contributed by atoms with van der Waals surface area (Å²) in [7, 11) is 2.89. The summed E-state index contributed by atoms with van der Waals surface area (Å²) in [6.45, 7) is 2.34. The molecule has 156 valence electrons. The fourth-order valence-electron chi connectivity index (χ4n) is 3.97. The van der Waals surface area contributed by atoms with Gasteiger partial charge in [-0.15, -0.1) is 0 Å². The summed E-state index contributed by atoms with van der Waals surface area (Å²) in [5.74, 6) is -0.594. The monoisotopic (exact) mass is 428 g/mol. The van der Waals surface area contributed by atoms with E-state index >= 15 is 0 Å². The zero-order valence-electron chi connectivity index (χ0n) is 16.8. The minimum Gasteiger partial charge on any atom is -0.496 e. The van der Waals surface area contributed by atoms with E-state index in [1.807, 2.05) is 19.1 Å². The number of ether oxygens (including phenoxy) is 3. The van der Waals surface area contributed by atoms with Gasteiger partial charge in [0.25, 0.3) is 0 Å². The standard InChI is InChI=1S/C22H21ClN2O5/c1-12-7-14(25-11-13-5-4-6-24-10-13)8-17(26)22(12)21(27)18-15(28-2)9-16(29-3)19(23)20(18)30-22/h4-6,8-10,12,25H,7,11H2,1-3H3. The number of nitrogens with one attached hydrogen (secondary N) is 1. The first-order chi connectivity index (χ1) is 14.4. The maximum atomic E-state index is 13.4. The topological polar surface area (TPSA) is 86.8 Å². The van der Waals surface area contributed by atoms with Crippen molar-refractivity contribution in [2.24, 2.45) is 5.92 Å². The zero-order valence-corrected chi connectivity index (χ0v) is 17.6. The average molecular weight is 429 g/mol. The first kappa shape index (κ1) is 20.2. The fraction of sp³-hybridized carbons (Fsp3) is 0.318. The summed E-state index contributed by atoms with van der Waals surface area (Å²) in [5.41, 5.74) is 0.238. The number of hydrogen-bond acceptors (Lipinski definition) is 7. The van der Waals surface area contributed by atoms with Gasteiger partial charge in [0.2, 0.25) is 17.2 Å². The summed E-state index contributed by atoms with van der Waals surface area (Å²) in [6, 6.07) is 5.32. The molecule has 1 aromatic carbocycles. The number of fused-ring (bicyclic) bond motifs is 1. The van der Waals surface area contributed by atoms with E-state index < -0.39 is 23.1 Å². The molecule has 0 amide bonds. The molecule has 2 heterocycles. The molecule has 7 nitrogen and oxygen atoms in total. The summed E-state index contributed by atoms with van der Waals surface area (Å²) in [6.07, 6.45) is 5.36. The van der Waals surface area contributed by atoms with Crippen LogP contribution in [0.15, 0.2) is 42.4 Å². The van der Waals surface area contributed by atoms with Crippen molar-refractivity contribution in [3.05, 3.63) is 58.5 Å². The molecular formula is C22H21ClN2O5. The van der Waals surface area contributed by atoms with Crippen LogP contribution < -0.4 is 19.5 Å². The van der Waals surface area contributed by atoms with Gasteiger partial charge in [-0.1, -0.05) is 24.6 Å². The summed E-state index contributed by atoms with van der Waals surface area (Å²) in [5, 5.41) is 3.40. The van der Waals surface area contributed by atoms with Crippen molar-refractivity contribution in [1.82, 2.24) is 10.3 Å². The van der Waals surface area contributed by atoms with Crippen molar-refractivity contribution in [3.63, 3.8) is 0 Å². The van der Waals surface area contributed by atoms with Crippen molar-refractivity contribution in [3.8, 4) is 17.2 Å². The van der Waals surface area contributed by atoms with E-state index in [2.05, 4.69) is 10.3 Å². The smallest absolute Gasteiger partial charge is 0.236 e. The molecule has 4 rings (SSSR count). The Bertz CT molecular complexity index is 1050. The van der Waals surface area contributed by atoms with E-state index in [1.165, 1.54) is 26.4 Å². The van der Waals surface area contributed by atoms with Gasteiger partial charge in [0, 0.05) is 42.7 Å². The highest BCUT2D eigenvalue weighted by atomic mass is 35.5. The molecule has 2 aromatic rings. The number of halogens is 1. The van der Waals surface area contributed by atoms with E-state index in [0.29, 0.717) is 18.7 Å². The quantitative estimate of drug-likeness (QED) is 0.730. The lowest BCUT2D eigenvalue weighted by molar-refractivity contribution is -0.129. The van der Waals surface area contributed by atoms with Crippen LogP contribution in [0.25, 0.3) is 0 Å². The maximum absolute atomic E-state index is 13.4. The second-order valence-corrected chi connectivity index (χ2v) is 7.70. The highest BCUT2D eigenvalue weighted by molar-refractivity contribution is 6.36. The van der Waals surface area contributed by atoms with Gasteiger partial charge < -0.3 is 19.5 Å². The Morgan fingerprint density at radius 1 is 1.30 bits per heavy atom. The molecule has 0 fully saturated rings. The van der Waals surface area contributed by atoms with Crippen LogP contribution in [0.2, 0.25) is 5.02 Å². The summed E-state index contributed by atoms with van der Waals surface area (Å²) in [4.78, 5) is 30.7. The van der Waals surface area contributed by atoms with Crippen LogP contribution in [0, 0.1) is 5.92 Å². The number of carbonyl (C=O) groups excluding carboxylic acids is 2. The molecule has 1 N–H and O–H groups in total. The van der Waals surface area contributed by atoms with E-state index in [0.717, 1.165) is 11.3 Å². The predicted octanol–water partition coefficient (Wildman–Crippen LogP) is 3.35. The van der Waals surface area contributed by atoms with E-state index in [9.17, 15) is 9.59 Å². The molecule has 2 aliphatic rings. The number of allylic oxidation sites excluding steroid dienone is 1. The Kier molecular flexibility index (Phi) is 5.15. The number of rotatable bonds is 5. The lowest BCUT2D eigenvalue weighted by Gasteiger charge is -2.35. The molecule has 2 atom stereocenters. The molecule has 0 saturated carbocycles.